The van der Waals surface area contributed by atoms with Crippen LogP contribution in [0.25, 0.3) is 0 Å². The predicted molar refractivity (Wildman–Crippen MR) is 70.1 cm³/mol. The molecule has 3 N–H and O–H groups in total. The number of aliphatic carboxylic acids is 1. The standard InChI is InChI=1S/C11H20N2O3S/c1-4-8(2)7-12-11(16)13-9(10(14)15)5-6-17-3/h7,9H,4-6H2,1-3H3,(H,14,15)(H2,12,13,16)/b8-7+. The Balaban J connectivity index is 4.17. The number of hydrogen-bond donors (Lipinski definition) is 3. The van der Waals surface area contributed by atoms with Crippen molar-refractivity contribution in [2.24, 2.45) is 0 Å². The predicted octanol–water partition coefficient (Wildman–Crippen LogP) is 1.81. The topological polar surface area (TPSA) is 78.4 Å². The van der Waals surface area contributed by atoms with E-state index < -0.39 is 18.0 Å². The van der Waals surface area contributed by atoms with Gasteiger partial charge in [-0.2, -0.15) is 11.8 Å². The molecule has 0 heterocycles. The fourth-order valence-electron chi connectivity index (χ4n) is 0.984. The van der Waals surface area contributed by atoms with Crippen molar-refractivity contribution in [2.75, 3.05) is 12.0 Å². The third-order valence-electron chi connectivity index (χ3n) is 2.22. The Labute approximate surface area is 106 Å². The molecule has 0 rings (SSSR count). The van der Waals surface area contributed by atoms with Crippen molar-refractivity contribution < 1.29 is 14.7 Å². The lowest BCUT2D eigenvalue weighted by Crippen LogP contribution is -2.45. The molecule has 0 saturated heterocycles. The number of carboxylic acids is 1. The van der Waals surface area contributed by atoms with Crippen LogP contribution in [-0.2, 0) is 4.79 Å². The zero-order valence-electron chi connectivity index (χ0n) is 10.4. The summed E-state index contributed by atoms with van der Waals surface area (Å²) in [6.45, 7) is 3.87. The van der Waals surface area contributed by atoms with Crippen LogP contribution in [0.4, 0.5) is 4.79 Å². The van der Waals surface area contributed by atoms with E-state index in [1.807, 2.05) is 20.1 Å². The van der Waals surface area contributed by atoms with Gasteiger partial charge in [0.15, 0.2) is 0 Å². The van der Waals surface area contributed by atoms with E-state index in [0.717, 1.165) is 12.0 Å². The maximum atomic E-state index is 11.4. The number of hydrogen-bond acceptors (Lipinski definition) is 3. The van der Waals surface area contributed by atoms with Gasteiger partial charge in [-0.25, -0.2) is 9.59 Å². The molecule has 0 aliphatic heterocycles. The molecular formula is C11H20N2O3S. The average molecular weight is 260 g/mol. The average Bonchev–Trinajstić information content (AvgIpc) is 2.30. The molecule has 2 amide bonds. The number of urea groups is 1. The fraction of sp³-hybridized carbons (Fsp3) is 0.636. The van der Waals surface area contributed by atoms with Crippen LogP contribution in [0, 0.1) is 0 Å². The molecule has 5 nitrogen and oxygen atoms in total. The first-order valence-electron chi connectivity index (χ1n) is 5.45. The molecule has 0 fully saturated rings. The van der Waals surface area contributed by atoms with Gasteiger partial charge < -0.3 is 15.7 Å². The van der Waals surface area contributed by atoms with Crippen LogP contribution in [-0.4, -0.2) is 35.2 Å². The molecule has 0 spiro atoms. The van der Waals surface area contributed by atoms with E-state index in [9.17, 15) is 9.59 Å². The Bertz CT molecular complexity index is 292. The molecule has 0 aromatic rings. The molecule has 0 aromatic heterocycles. The number of carboxylic acid groups (broad SMARTS) is 1. The van der Waals surface area contributed by atoms with Crippen molar-refractivity contribution in [2.45, 2.75) is 32.7 Å². The van der Waals surface area contributed by atoms with E-state index >= 15 is 0 Å². The van der Waals surface area contributed by atoms with Gasteiger partial charge in [-0.1, -0.05) is 12.5 Å². The number of allylic oxidation sites excluding steroid dienone is 1. The second-order valence-electron chi connectivity index (χ2n) is 3.63. The number of thioether (sulfide) groups is 1. The summed E-state index contributed by atoms with van der Waals surface area (Å²) in [4.78, 5) is 22.3. The Hall–Kier alpha value is -1.17. The van der Waals surface area contributed by atoms with Crippen LogP contribution >= 0.6 is 11.8 Å². The molecule has 17 heavy (non-hydrogen) atoms. The number of amides is 2. The van der Waals surface area contributed by atoms with E-state index in [1.54, 1.807) is 18.0 Å². The summed E-state index contributed by atoms with van der Waals surface area (Å²) < 4.78 is 0. The third kappa shape index (κ3) is 7.68. The van der Waals surface area contributed by atoms with E-state index in [0.29, 0.717) is 12.2 Å². The highest BCUT2D eigenvalue weighted by Crippen LogP contribution is 2.01. The molecule has 1 unspecified atom stereocenters. The molecule has 98 valence electrons. The van der Waals surface area contributed by atoms with Crippen LogP contribution in [0.15, 0.2) is 11.8 Å². The van der Waals surface area contributed by atoms with Crippen molar-refractivity contribution in [3.8, 4) is 0 Å². The quantitative estimate of drug-likeness (QED) is 0.652. The first kappa shape index (κ1) is 15.8. The van der Waals surface area contributed by atoms with Gasteiger partial charge in [0.1, 0.15) is 6.04 Å². The zero-order valence-corrected chi connectivity index (χ0v) is 11.3. The number of carbonyl (C=O) groups excluding carboxylic acids is 1. The largest absolute Gasteiger partial charge is 0.480 e. The molecule has 0 saturated carbocycles. The lowest BCUT2D eigenvalue weighted by Gasteiger charge is -2.13. The Kier molecular flexibility index (Phi) is 8.31. The van der Waals surface area contributed by atoms with Gasteiger partial charge in [-0.05, 0) is 31.8 Å². The molecule has 0 aliphatic rings. The normalized spacial score (nSPS) is 13.0. The molecular weight excluding hydrogens is 240 g/mol. The van der Waals surface area contributed by atoms with Crippen LogP contribution in [0.5, 0.6) is 0 Å². The van der Waals surface area contributed by atoms with Crippen molar-refractivity contribution >= 4 is 23.8 Å². The van der Waals surface area contributed by atoms with Gasteiger partial charge in [0.05, 0.1) is 0 Å². The summed E-state index contributed by atoms with van der Waals surface area (Å²) in [6, 6.07) is -1.32. The van der Waals surface area contributed by atoms with E-state index in [4.69, 9.17) is 5.11 Å². The highest BCUT2D eigenvalue weighted by Gasteiger charge is 2.18. The maximum absolute atomic E-state index is 11.4. The zero-order chi connectivity index (χ0) is 13.3. The highest BCUT2D eigenvalue weighted by molar-refractivity contribution is 7.98. The van der Waals surface area contributed by atoms with Crippen molar-refractivity contribution in [3.63, 3.8) is 0 Å². The maximum Gasteiger partial charge on any atom is 0.326 e. The van der Waals surface area contributed by atoms with Crippen molar-refractivity contribution in [1.82, 2.24) is 10.6 Å². The summed E-state index contributed by atoms with van der Waals surface area (Å²) in [5.74, 6) is -0.313. The highest BCUT2D eigenvalue weighted by atomic mass is 32.2. The minimum Gasteiger partial charge on any atom is -0.480 e. The van der Waals surface area contributed by atoms with E-state index in [2.05, 4.69) is 10.6 Å². The summed E-state index contributed by atoms with van der Waals surface area (Å²) in [5, 5.41) is 13.8. The van der Waals surface area contributed by atoms with Gasteiger partial charge in [0.25, 0.3) is 0 Å². The Morgan fingerprint density at radius 3 is 2.59 bits per heavy atom. The molecule has 0 aromatic carbocycles. The van der Waals surface area contributed by atoms with Crippen molar-refractivity contribution in [1.29, 1.82) is 0 Å². The van der Waals surface area contributed by atoms with Gasteiger partial charge in [-0.3, -0.25) is 0 Å². The fourth-order valence-corrected chi connectivity index (χ4v) is 1.46. The second-order valence-corrected chi connectivity index (χ2v) is 4.62. The van der Waals surface area contributed by atoms with Gasteiger partial charge >= 0.3 is 12.0 Å². The smallest absolute Gasteiger partial charge is 0.326 e. The molecule has 0 radical (unpaired) electrons. The Morgan fingerprint density at radius 2 is 2.12 bits per heavy atom. The number of rotatable bonds is 7. The minimum atomic E-state index is -1.01. The summed E-state index contributed by atoms with van der Waals surface area (Å²) in [5.41, 5.74) is 1.02. The summed E-state index contributed by atoms with van der Waals surface area (Å²) in [6.07, 6.45) is 4.74. The van der Waals surface area contributed by atoms with Crippen LogP contribution < -0.4 is 10.6 Å². The van der Waals surface area contributed by atoms with E-state index in [-0.39, 0.29) is 0 Å². The van der Waals surface area contributed by atoms with E-state index in [1.165, 1.54) is 0 Å². The lowest BCUT2D eigenvalue weighted by atomic mass is 10.2. The number of nitrogens with one attached hydrogen (secondary N) is 2. The van der Waals surface area contributed by atoms with Gasteiger partial charge in [0.2, 0.25) is 0 Å². The van der Waals surface area contributed by atoms with Crippen LogP contribution in [0.1, 0.15) is 26.7 Å². The van der Waals surface area contributed by atoms with Crippen molar-refractivity contribution in [3.05, 3.63) is 11.8 Å². The Morgan fingerprint density at radius 1 is 1.47 bits per heavy atom. The van der Waals surface area contributed by atoms with Gasteiger partial charge in [0, 0.05) is 6.20 Å². The second kappa shape index (κ2) is 8.92. The lowest BCUT2D eigenvalue weighted by molar-refractivity contribution is -0.139. The molecule has 0 aliphatic carbocycles. The first-order valence-corrected chi connectivity index (χ1v) is 6.85. The van der Waals surface area contributed by atoms with Crippen LogP contribution in [0.3, 0.4) is 0 Å². The third-order valence-corrected chi connectivity index (χ3v) is 2.87. The van der Waals surface area contributed by atoms with Crippen LogP contribution in [0.2, 0.25) is 0 Å². The minimum absolute atomic E-state index is 0.417. The van der Waals surface area contributed by atoms with Gasteiger partial charge in [-0.15, -0.1) is 0 Å². The SMILES string of the molecule is CC/C(C)=C/NC(=O)NC(CCSC)C(=O)O. The summed E-state index contributed by atoms with van der Waals surface area (Å²) in [7, 11) is 0. The molecule has 6 heteroatoms. The molecule has 0 bridgehead atoms. The molecule has 1 atom stereocenters. The first-order chi connectivity index (χ1) is 8.01. The summed E-state index contributed by atoms with van der Waals surface area (Å²) >= 11 is 1.55. The number of carbonyl (C=O) groups is 2. The monoisotopic (exact) mass is 260 g/mol.